The largest absolute Gasteiger partial charge is 0.465 e. The molecular weight excluding hydrogens is 212 g/mol. The van der Waals surface area contributed by atoms with Gasteiger partial charge in [0.25, 0.3) is 0 Å². The fourth-order valence-corrected chi connectivity index (χ4v) is 2.12. The molecule has 1 amide bonds. The Hall–Kier alpha value is -0.850. The summed E-state index contributed by atoms with van der Waals surface area (Å²) < 4.78 is 4.86. The molecule has 1 unspecified atom stereocenters. The van der Waals surface area contributed by atoms with Crippen LogP contribution in [0, 0.1) is 0 Å². The summed E-state index contributed by atoms with van der Waals surface area (Å²) in [6.07, 6.45) is 0.131. The highest BCUT2D eigenvalue weighted by molar-refractivity contribution is 5.65. The molecule has 1 saturated carbocycles. The highest BCUT2D eigenvalue weighted by atomic mass is 16.5. The molecule has 1 aliphatic carbocycles. The Bertz CT molecular complexity index is 237. The topological polar surface area (TPSA) is 96.0 Å². The van der Waals surface area contributed by atoms with Gasteiger partial charge in [-0.25, -0.2) is 4.79 Å². The van der Waals surface area contributed by atoms with Gasteiger partial charge < -0.3 is 25.6 Å². The summed E-state index contributed by atoms with van der Waals surface area (Å²) in [6, 6.07) is -0.378. The van der Waals surface area contributed by atoms with Crippen molar-refractivity contribution in [2.45, 2.75) is 37.5 Å². The lowest BCUT2D eigenvalue weighted by Crippen LogP contribution is -2.52. The molecule has 0 aromatic carbocycles. The molecule has 0 heterocycles. The van der Waals surface area contributed by atoms with E-state index in [1.165, 1.54) is 12.0 Å². The molecule has 6 heteroatoms. The van der Waals surface area contributed by atoms with Crippen LogP contribution in [0.15, 0.2) is 0 Å². The molecule has 0 aromatic heterocycles. The minimum atomic E-state index is -1.02. The molecule has 0 radical (unpaired) electrons. The number of nitrogens with two attached hydrogens (primary N) is 1. The maximum absolute atomic E-state index is 11.1. The van der Waals surface area contributed by atoms with Crippen molar-refractivity contribution in [3.05, 3.63) is 0 Å². The van der Waals surface area contributed by atoms with Crippen molar-refractivity contribution < 1.29 is 19.7 Å². The van der Waals surface area contributed by atoms with Crippen molar-refractivity contribution in [3.8, 4) is 0 Å². The van der Waals surface area contributed by atoms with Gasteiger partial charge in [-0.3, -0.25) is 0 Å². The number of carbonyl (C=O) groups is 1. The summed E-state index contributed by atoms with van der Waals surface area (Å²) >= 11 is 0. The number of methoxy groups -OCH3 is 1. The Balaban J connectivity index is 2.59. The van der Waals surface area contributed by atoms with E-state index in [1.807, 2.05) is 0 Å². The van der Waals surface area contributed by atoms with Gasteiger partial charge in [-0.15, -0.1) is 0 Å². The van der Waals surface area contributed by atoms with Crippen molar-refractivity contribution in [1.82, 2.24) is 4.90 Å². The first kappa shape index (κ1) is 13.2. The molecule has 6 nitrogen and oxygen atoms in total. The number of rotatable bonds is 4. The van der Waals surface area contributed by atoms with Crippen LogP contribution in [0.4, 0.5) is 4.79 Å². The maximum Gasteiger partial charge on any atom is 0.407 e. The number of aliphatic hydroxyl groups excluding tert-OH is 1. The molecular formula is C10H20N2O4. The van der Waals surface area contributed by atoms with E-state index >= 15 is 0 Å². The number of amides is 1. The maximum atomic E-state index is 11.1. The molecule has 0 bridgehead atoms. The number of aliphatic hydroxyl groups is 1. The fourth-order valence-electron chi connectivity index (χ4n) is 2.12. The Morgan fingerprint density at radius 1 is 1.56 bits per heavy atom. The molecule has 0 spiro atoms. The molecule has 3 atom stereocenters. The van der Waals surface area contributed by atoms with E-state index < -0.39 is 12.2 Å². The zero-order valence-corrected chi connectivity index (χ0v) is 9.50. The molecule has 1 rings (SSSR count). The highest BCUT2D eigenvalue weighted by Gasteiger charge is 2.34. The van der Waals surface area contributed by atoms with Gasteiger partial charge in [0, 0.05) is 19.7 Å². The third-order valence-electron chi connectivity index (χ3n) is 3.00. The number of hydrogen-bond acceptors (Lipinski definition) is 4. The summed E-state index contributed by atoms with van der Waals surface area (Å²) in [5.41, 5.74) is 5.71. The first-order valence-corrected chi connectivity index (χ1v) is 5.48. The average Bonchev–Trinajstić information content (AvgIpc) is 2.20. The summed E-state index contributed by atoms with van der Waals surface area (Å²) in [7, 11) is 1.52. The van der Waals surface area contributed by atoms with Crippen LogP contribution < -0.4 is 5.73 Å². The van der Waals surface area contributed by atoms with Gasteiger partial charge >= 0.3 is 6.09 Å². The van der Waals surface area contributed by atoms with Crippen LogP contribution >= 0.6 is 0 Å². The third-order valence-corrected chi connectivity index (χ3v) is 3.00. The van der Waals surface area contributed by atoms with E-state index in [0.29, 0.717) is 19.4 Å². The minimum absolute atomic E-state index is 0.0238. The van der Waals surface area contributed by atoms with Gasteiger partial charge in [-0.05, 0) is 19.3 Å². The number of ether oxygens (including phenoxy) is 1. The minimum Gasteiger partial charge on any atom is -0.465 e. The summed E-state index contributed by atoms with van der Waals surface area (Å²) in [4.78, 5) is 12.3. The van der Waals surface area contributed by atoms with E-state index in [2.05, 4.69) is 0 Å². The molecule has 0 aliphatic heterocycles. The van der Waals surface area contributed by atoms with E-state index in [0.717, 1.165) is 6.42 Å². The van der Waals surface area contributed by atoms with E-state index in [1.54, 1.807) is 0 Å². The van der Waals surface area contributed by atoms with Crippen LogP contribution in [0.1, 0.15) is 19.3 Å². The summed E-state index contributed by atoms with van der Waals surface area (Å²) in [6.45, 7) is 0.615. The first-order valence-electron chi connectivity index (χ1n) is 5.48. The Kier molecular flexibility index (Phi) is 4.98. The highest BCUT2D eigenvalue weighted by Crippen LogP contribution is 2.22. The average molecular weight is 232 g/mol. The second-order valence-corrected chi connectivity index (χ2v) is 4.18. The van der Waals surface area contributed by atoms with Crippen LogP contribution in [0.25, 0.3) is 0 Å². The van der Waals surface area contributed by atoms with Crippen molar-refractivity contribution in [1.29, 1.82) is 0 Å². The van der Waals surface area contributed by atoms with Crippen molar-refractivity contribution >= 4 is 6.09 Å². The van der Waals surface area contributed by atoms with E-state index in [9.17, 15) is 9.90 Å². The van der Waals surface area contributed by atoms with Gasteiger partial charge in [0.2, 0.25) is 0 Å². The number of carboxylic acid groups (broad SMARTS) is 1. The van der Waals surface area contributed by atoms with Crippen LogP contribution in [0.2, 0.25) is 0 Å². The van der Waals surface area contributed by atoms with Gasteiger partial charge in [0.15, 0.2) is 0 Å². The predicted octanol–water partition coefficient (Wildman–Crippen LogP) is -0.146. The number of nitrogens with zero attached hydrogens (tertiary/aromatic N) is 1. The third kappa shape index (κ3) is 3.33. The summed E-state index contributed by atoms with van der Waals surface area (Å²) in [5, 5.41) is 18.9. The van der Waals surface area contributed by atoms with Gasteiger partial charge in [-0.1, -0.05) is 0 Å². The lowest BCUT2D eigenvalue weighted by atomic mass is 9.88. The monoisotopic (exact) mass is 232 g/mol. The summed E-state index contributed by atoms with van der Waals surface area (Å²) in [5.74, 6) is 0. The van der Waals surface area contributed by atoms with Gasteiger partial charge in [0.1, 0.15) is 0 Å². The second kappa shape index (κ2) is 6.03. The Labute approximate surface area is 95.0 Å². The molecule has 1 aliphatic rings. The van der Waals surface area contributed by atoms with Crippen LogP contribution in [-0.4, -0.2) is 59.7 Å². The molecule has 0 aromatic rings. The van der Waals surface area contributed by atoms with Gasteiger partial charge in [-0.2, -0.15) is 0 Å². The quantitative estimate of drug-likeness (QED) is 0.626. The van der Waals surface area contributed by atoms with Crippen LogP contribution in [0.3, 0.4) is 0 Å². The van der Waals surface area contributed by atoms with Crippen LogP contribution in [0.5, 0.6) is 0 Å². The molecule has 0 saturated heterocycles. The second-order valence-electron chi connectivity index (χ2n) is 4.18. The Morgan fingerprint density at radius 2 is 2.25 bits per heavy atom. The van der Waals surface area contributed by atoms with Crippen molar-refractivity contribution in [3.63, 3.8) is 0 Å². The zero-order chi connectivity index (χ0) is 12.1. The first-order chi connectivity index (χ1) is 7.56. The fraction of sp³-hybridized carbons (Fsp3) is 0.900. The normalized spacial score (nSPS) is 30.1. The molecule has 94 valence electrons. The van der Waals surface area contributed by atoms with Crippen LogP contribution in [-0.2, 0) is 4.74 Å². The SMILES string of the molecule is COCCN(C(=O)O)[C@H]1CC[C@H](N)CC1O. The van der Waals surface area contributed by atoms with Crippen molar-refractivity contribution in [2.24, 2.45) is 5.73 Å². The van der Waals surface area contributed by atoms with Crippen molar-refractivity contribution in [2.75, 3.05) is 20.3 Å². The van der Waals surface area contributed by atoms with E-state index in [-0.39, 0.29) is 18.6 Å². The standard InChI is InChI=1S/C10H20N2O4/c1-16-5-4-12(10(14)15)8-3-2-7(11)6-9(8)13/h7-9,13H,2-6,11H2,1H3,(H,14,15)/t7-,8-,9?/m0/s1. The zero-order valence-electron chi connectivity index (χ0n) is 9.50. The lowest BCUT2D eigenvalue weighted by molar-refractivity contribution is 0.00948. The van der Waals surface area contributed by atoms with Gasteiger partial charge in [0.05, 0.1) is 18.8 Å². The Morgan fingerprint density at radius 3 is 2.75 bits per heavy atom. The lowest BCUT2D eigenvalue weighted by Gasteiger charge is -2.37. The molecule has 16 heavy (non-hydrogen) atoms. The van der Waals surface area contributed by atoms with E-state index in [4.69, 9.17) is 15.6 Å². The smallest absolute Gasteiger partial charge is 0.407 e. The number of hydrogen-bond donors (Lipinski definition) is 3. The predicted molar refractivity (Wildman–Crippen MR) is 58.2 cm³/mol. The molecule has 4 N–H and O–H groups in total. The molecule has 1 fully saturated rings.